The summed E-state index contributed by atoms with van der Waals surface area (Å²) < 4.78 is 0. The summed E-state index contributed by atoms with van der Waals surface area (Å²) in [5.41, 5.74) is 3.89. The van der Waals surface area contributed by atoms with Crippen molar-refractivity contribution >= 4 is 6.03 Å². The lowest BCUT2D eigenvalue weighted by atomic mass is 10.2. The molecule has 4 N–H and O–H groups in total. The van der Waals surface area contributed by atoms with Gasteiger partial charge in [-0.25, -0.2) is 10.6 Å². The average Bonchev–Trinajstić information content (AvgIpc) is 2.14. The zero-order chi connectivity index (χ0) is 9.68. The first-order chi connectivity index (χ1) is 6.22. The second-order valence-corrected chi connectivity index (χ2v) is 2.65. The number of amides is 2. The van der Waals surface area contributed by atoms with Gasteiger partial charge in [0.05, 0.1) is 12.2 Å². The van der Waals surface area contributed by atoms with Crippen molar-refractivity contribution in [3.8, 4) is 0 Å². The predicted octanol–water partition coefficient (Wildman–Crippen LogP) is 0.0629. The number of urea groups is 1. The Morgan fingerprint density at radius 3 is 3.08 bits per heavy atom. The van der Waals surface area contributed by atoms with Crippen molar-refractivity contribution in [2.24, 2.45) is 5.84 Å². The Balaban J connectivity index is 2.50. The molecule has 0 aliphatic heterocycles. The molecule has 5 nitrogen and oxygen atoms in total. The van der Waals surface area contributed by atoms with E-state index in [9.17, 15) is 4.79 Å². The molecular formula is C8H12N4O. The van der Waals surface area contributed by atoms with Gasteiger partial charge in [-0.15, -0.1) is 0 Å². The number of aryl methyl sites for hydroxylation is 1. The Kier molecular flexibility index (Phi) is 3.22. The molecule has 0 spiro atoms. The molecule has 1 aromatic heterocycles. The number of carbonyl (C=O) groups is 1. The highest BCUT2D eigenvalue weighted by Crippen LogP contribution is 1.98. The van der Waals surface area contributed by atoms with E-state index in [0.29, 0.717) is 6.54 Å². The third kappa shape index (κ3) is 3.08. The molecule has 0 aliphatic carbocycles. The minimum Gasteiger partial charge on any atom is -0.331 e. The Bertz CT molecular complexity index is 300. The van der Waals surface area contributed by atoms with Crippen LogP contribution in [-0.2, 0) is 6.54 Å². The van der Waals surface area contributed by atoms with E-state index in [1.165, 1.54) is 0 Å². The SMILES string of the molecule is Cc1ccnc(CNC(=O)NN)c1. The van der Waals surface area contributed by atoms with Gasteiger partial charge in [-0.2, -0.15) is 0 Å². The minimum absolute atomic E-state index is 0.380. The molecule has 1 rings (SSSR count). The van der Waals surface area contributed by atoms with Crippen LogP contribution < -0.4 is 16.6 Å². The number of rotatable bonds is 2. The number of hydrogen-bond donors (Lipinski definition) is 3. The molecule has 70 valence electrons. The van der Waals surface area contributed by atoms with E-state index in [1.54, 1.807) is 6.20 Å². The van der Waals surface area contributed by atoms with Crippen molar-refractivity contribution in [2.45, 2.75) is 13.5 Å². The van der Waals surface area contributed by atoms with Crippen LogP contribution in [0.5, 0.6) is 0 Å². The standard InChI is InChI=1S/C8H12N4O/c1-6-2-3-10-7(4-6)5-11-8(13)12-9/h2-4H,5,9H2,1H3,(H2,11,12,13). The first-order valence-corrected chi connectivity index (χ1v) is 3.88. The Morgan fingerprint density at radius 1 is 1.69 bits per heavy atom. The number of pyridine rings is 1. The van der Waals surface area contributed by atoms with Crippen LogP contribution in [0.25, 0.3) is 0 Å². The summed E-state index contributed by atoms with van der Waals surface area (Å²) >= 11 is 0. The van der Waals surface area contributed by atoms with E-state index in [2.05, 4.69) is 10.3 Å². The zero-order valence-corrected chi connectivity index (χ0v) is 7.37. The van der Waals surface area contributed by atoms with Gasteiger partial charge < -0.3 is 5.32 Å². The molecule has 0 fully saturated rings. The van der Waals surface area contributed by atoms with Gasteiger partial charge >= 0.3 is 6.03 Å². The average molecular weight is 180 g/mol. The van der Waals surface area contributed by atoms with Crippen LogP contribution in [0, 0.1) is 6.92 Å². The fourth-order valence-electron chi connectivity index (χ4n) is 0.917. The van der Waals surface area contributed by atoms with Crippen molar-refractivity contribution in [3.63, 3.8) is 0 Å². The van der Waals surface area contributed by atoms with Crippen molar-refractivity contribution in [1.29, 1.82) is 0 Å². The summed E-state index contributed by atoms with van der Waals surface area (Å²) in [6.45, 7) is 2.35. The molecule has 0 aliphatic rings. The smallest absolute Gasteiger partial charge is 0.329 e. The van der Waals surface area contributed by atoms with Crippen molar-refractivity contribution in [2.75, 3.05) is 0 Å². The molecule has 13 heavy (non-hydrogen) atoms. The van der Waals surface area contributed by atoms with Crippen LogP contribution in [0.4, 0.5) is 4.79 Å². The molecule has 5 heteroatoms. The largest absolute Gasteiger partial charge is 0.331 e. The minimum atomic E-state index is -0.414. The molecule has 0 radical (unpaired) electrons. The Morgan fingerprint density at radius 2 is 2.46 bits per heavy atom. The van der Waals surface area contributed by atoms with Gasteiger partial charge in [0.15, 0.2) is 0 Å². The molecule has 0 bridgehead atoms. The van der Waals surface area contributed by atoms with E-state index >= 15 is 0 Å². The normalized spacial score (nSPS) is 9.38. The molecule has 0 atom stereocenters. The van der Waals surface area contributed by atoms with Crippen molar-refractivity contribution in [1.82, 2.24) is 15.7 Å². The van der Waals surface area contributed by atoms with Gasteiger partial charge in [0, 0.05) is 6.20 Å². The first-order valence-electron chi connectivity index (χ1n) is 3.88. The first kappa shape index (κ1) is 9.47. The Hall–Kier alpha value is -1.62. The number of nitrogens with zero attached hydrogens (tertiary/aromatic N) is 1. The second kappa shape index (κ2) is 4.42. The molecular weight excluding hydrogens is 168 g/mol. The number of hydrazine groups is 1. The molecule has 2 amide bonds. The highest BCUT2D eigenvalue weighted by molar-refractivity contribution is 5.72. The number of carbonyl (C=O) groups excluding carboxylic acids is 1. The summed E-state index contributed by atoms with van der Waals surface area (Å²) in [6.07, 6.45) is 1.70. The highest BCUT2D eigenvalue weighted by atomic mass is 16.2. The molecule has 0 saturated heterocycles. The third-order valence-corrected chi connectivity index (χ3v) is 1.53. The van der Waals surface area contributed by atoms with Crippen LogP contribution in [0.2, 0.25) is 0 Å². The molecule has 1 heterocycles. The van der Waals surface area contributed by atoms with E-state index in [0.717, 1.165) is 11.3 Å². The lowest BCUT2D eigenvalue weighted by molar-refractivity contribution is 0.240. The molecule has 1 aromatic rings. The van der Waals surface area contributed by atoms with E-state index in [-0.39, 0.29) is 0 Å². The lowest BCUT2D eigenvalue weighted by Crippen LogP contribution is -2.39. The summed E-state index contributed by atoms with van der Waals surface area (Å²) in [4.78, 5) is 14.8. The van der Waals surface area contributed by atoms with E-state index < -0.39 is 6.03 Å². The van der Waals surface area contributed by atoms with Crippen LogP contribution >= 0.6 is 0 Å². The van der Waals surface area contributed by atoms with Crippen molar-refractivity contribution < 1.29 is 4.79 Å². The van der Waals surface area contributed by atoms with Crippen LogP contribution in [0.15, 0.2) is 18.3 Å². The highest BCUT2D eigenvalue weighted by Gasteiger charge is 1.97. The summed E-state index contributed by atoms with van der Waals surface area (Å²) in [6, 6.07) is 3.38. The summed E-state index contributed by atoms with van der Waals surface area (Å²) in [5, 5.41) is 2.54. The maximum atomic E-state index is 10.7. The monoisotopic (exact) mass is 180 g/mol. The van der Waals surface area contributed by atoms with Gasteiger partial charge in [-0.3, -0.25) is 10.4 Å². The van der Waals surface area contributed by atoms with Gasteiger partial charge in [0.25, 0.3) is 0 Å². The predicted molar refractivity (Wildman–Crippen MR) is 48.5 cm³/mol. The fraction of sp³-hybridized carbons (Fsp3) is 0.250. The third-order valence-electron chi connectivity index (χ3n) is 1.53. The van der Waals surface area contributed by atoms with Gasteiger partial charge in [-0.1, -0.05) is 0 Å². The molecule has 0 saturated carbocycles. The van der Waals surface area contributed by atoms with Gasteiger partial charge in [0.2, 0.25) is 0 Å². The van der Waals surface area contributed by atoms with E-state index in [1.807, 2.05) is 24.5 Å². The topological polar surface area (TPSA) is 80.0 Å². The Labute approximate surface area is 76.3 Å². The number of nitrogens with two attached hydrogens (primary N) is 1. The number of hydrogen-bond acceptors (Lipinski definition) is 3. The number of nitrogens with one attached hydrogen (secondary N) is 2. The lowest BCUT2D eigenvalue weighted by Gasteiger charge is -2.03. The molecule has 0 aromatic carbocycles. The van der Waals surface area contributed by atoms with Crippen LogP contribution in [0.1, 0.15) is 11.3 Å². The van der Waals surface area contributed by atoms with Crippen molar-refractivity contribution in [3.05, 3.63) is 29.6 Å². The summed E-state index contributed by atoms with van der Waals surface area (Å²) in [5.74, 6) is 4.88. The quantitative estimate of drug-likeness (QED) is 0.342. The number of aromatic nitrogens is 1. The maximum Gasteiger partial charge on any atom is 0.329 e. The van der Waals surface area contributed by atoms with Gasteiger partial charge in [-0.05, 0) is 24.6 Å². The van der Waals surface area contributed by atoms with E-state index in [4.69, 9.17) is 5.84 Å². The fourth-order valence-corrected chi connectivity index (χ4v) is 0.917. The second-order valence-electron chi connectivity index (χ2n) is 2.65. The summed E-state index contributed by atoms with van der Waals surface area (Å²) in [7, 11) is 0. The maximum absolute atomic E-state index is 10.7. The van der Waals surface area contributed by atoms with Gasteiger partial charge in [0.1, 0.15) is 0 Å². The molecule has 0 unspecified atom stereocenters. The zero-order valence-electron chi connectivity index (χ0n) is 7.37. The van der Waals surface area contributed by atoms with Crippen LogP contribution in [0.3, 0.4) is 0 Å². The van der Waals surface area contributed by atoms with Crippen LogP contribution in [-0.4, -0.2) is 11.0 Å².